The molecule has 2 fully saturated rings. The van der Waals surface area contributed by atoms with E-state index >= 15 is 0 Å². The number of nitrogens with zero attached hydrogens (tertiary/aromatic N) is 1. The number of benzene rings is 1. The summed E-state index contributed by atoms with van der Waals surface area (Å²) in [6, 6.07) is 5.35. The molecule has 0 aliphatic carbocycles. The molecule has 2 unspecified atom stereocenters. The molecule has 19 heavy (non-hydrogen) atoms. The molecule has 0 radical (unpaired) electrons. The third-order valence-electron chi connectivity index (χ3n) is 3.93. The average Bonchev–Trinajstić information content (AvgIpc) is 2.94. The molecule has 0 bridgehead atoms. The van der Waals surface area contributed by atoms with Gasteiger partial charge in [0, 0.05) is 24.9 Å². The highest BCUT2D eigenvalue weighted by molar-refractivity contribution is 6.42. The lowest BCUT2D eigenvalue weighted by molar-refractivity contribution is -0.129. The third kappa shape index (κ3) is 2.73. The monoisotopic (exact) mass is 299 g/mol. The second kappa shape index (κ2) is 5.31. The summed E-state index contributed by atoms with van der Waals surface area (Å²) in [6.45, 7) is 3.23. The van der Waals surface area contributed by atoms with Gasteiger partial charge in [-0.2, -0.15) is 0 Å². The molecule has 3 rings (SSSR count). The van der Waals surface area contributed by atoms with Gasteiger partial charge in [-0.15, -0.1) is 0 Å². The van der Waals surface area contributed by atoms with Crippen molar-refractivity contribution >= 4 is 29.1 Å². The Bertz CT molecular complexity index is 494. The van der Waals surface area contributed by atoms with Crippen molar-refractivity contribution in [1.82, 2.24) is 4.90 Å². The number of ether oxygens (including phenoxy) is 1. The minimum absolute atomic E-state index is 0.160. The zero-order valence-corrected chi connectivity index (χ0v) is 12.0. The largest absolute Gasteiger partial charge is 0.381 e. The summed E-state index contributed by atoms with van der Waals surface area (Å²) >= 11 is 11.8. The van der Waals surface area contributed by atoms with Crippen LogP contribution in [0.15, 0.2) is 18.2 Å². The lowest BCUT2D eigenvalue weighted by atomic mass is 10.0. The second-order valence-electron chi connectivity index (χ2n) is 5.28. The molecule has 1 aromatic rings. The van der Waals surface area contributed by atoms with E-state index in [0.29, 0.717) is 28.3 Å². The molecule has 2 atom stereocenters. The number of carbonyl (C=O) groups excluding carboxylic acids is 1. The van der Waals surface area contributed by atoms with E-state index in [1.807, 2.05) is 11.0 Å². The molecule has 3 nitrogen and oxygen atoms in total. The minimum Gasteiger partial charge on any atom is -0.381 e. The van der Waals surface area contributed by atoms with Gasteiger partial charge < -0.3 is 9.64 Å². The predicted octanol–water partition coefficient (Wildman–Crippen LogP) is 2.64. The fourth-order valence-electron chi connectivity index (χ4n) is 2.83. The van der Waals surface area contributed by atoms with E-state index in [-0.39, 0.29) is 5.91 Å². The summed E-state index contributed by atoms with van der Waals surface area (Å²) in [4.78, 5) is 14.2. The number of amides is 1. The van der Waals surface area contributed by atoms with Gasteiger partial charge in [-0.1, -0.05) is 29.3 Å². The maximum absolute atomic E-state index is 12.3. The van der Waals surface area contributed by atoms with Crippen LogP contribution in [0.5, 0.6) is 0 Å². The summed E-state index contributed by atoms with van der Waals surface area (Å²) in [7, 11) is 0. The van der Waals surface area contributed by atoms with Crippen molar-refractivity contribution in [3.63, 3.8) is 0 Å². The van der Waals surface area contributed by atoms with Crippen molar-refractivity contribution in [1.29, 1.82) is 0 Å². The Morgan fingerprint density at radius 1 is 1.21 bits per heavy atom. The molecule has 1 amide bonds. The van der Waals surface area contributed by atoms with Crippen LogP contribution in [-0.4, -0.2) is 37.1 Å². The van der Waals surface area contributed by atoms with Gasteiger partial charge in [0.1, 0.15) is 0 Å². The first kappa shape index (κ1) is 13.2. The van der Waals surface area contributed by atoms with E-state index in [1.165, 1.54) is 0 Å². The van der Waals surface area contributed by atoms with Gasteiger partial charge in [0.25, 0.3) is 0 Å². The van der Waals surface area contributed by atoms with Gasteiger partial charge in [0.15, 0.2) is 0 Å². The van der Waals surface area contributed by atoms with Crippen LogP contribution in [0.1, 0.15) is 5.56 Å². The Morgan fingerprint density at radius 3 is 2.53 bits per heavy atom. The topological polar surface area (TPSA) is 29.5 Å². The first-order valence-corrected chi connectivity index (χ1v) is 7.18. The molecular weight excluding hydrogens is 285 g/mol. The molecule has 0 aromatic heterocycles. The normalized spacial score (nSPS) is 25.7. The Labute approximate surface area is 122 Å². The Balaban J connectivity index is 1.63. The van der Waals surface area contributed by atoms with Crippen LogP contribution in [0.25, 0.3) is 0 Å². The van der Waals surface area contributed by atoms with Gasteiger partial charge >= 0.3 is 0 Å². The standard InChI is InChI=1S/C14H15Cl2NO2/c15-12-2-1-9(3-13(12)16)4-14(18)17-5-10-7-19-8-11(10)6-17/h1-3,10-11H,4-8H2. The van der Waals surface area contributed by atoms with Crippen molar-refractivity contribution in [2.24, 2.45) is 11.8 Å². The molecule has 2 aliphatic rings. The fraction of sp³-hybridized carbons (Fsp3) is 0.500. The summed E-state index contributed by atoms with van der Waals surface area (Å²) in [5.41, 5.74) is 0.910. The predicted molar refractivity (Wildman–Crippen MR) is 74.5 cm³/mol. The highest BCUT2D eigenvalue weighted by atomic mass is 35.5. The third-order valence-corrected chi connectivity index (χ3v) is 4.67. The van der Waals surface area contributed by atoms with Crippen molar-refractivity contribution < 1.29 is 9.53 Å². The van der Waals surface area contributed by atoms with E-state index in [2.05, 4.69) is 0 Å². The molecule has 2 saturated heterocycles. The van der Waals surface area contributed by atoms with Crippen molar-refractivity contribution in [2.45, 2.75) is 6.42 Å². The Hall–Kier alpha value is -0.770. The smallest absolute Gasteiger partial charge is 0.227 e. The van der Waals surface area contributed by atoms with Crippen LogP contribution < -0.4 is 0 Å². The zero-order valence-electron chi connectivity index (χ0n) is 10.4. The van der Waals surface area contributed by atoms with Crippen LogP contribution in [0.3, 0.4) is 0 Å². The first-order valence-electron chi connectivity index (χ1n) is 6.43. The summed E-state index contributed by atoms with van der Waals surface area (Å²) < 4.78 is 5.42. The van der Waals surface area contributed by atoms with Crippen molar-refractivity contribution in [3.05, 3.63) is 33.8 Å². The van der Waals surface area contributed by atoms with Crippen LogP contribution in [-0.2, 0) is 16.0 Å². The zero-order chi connectivity index (χ0) is 13.4. The van der Waals surface area contributed by atoms with E-state index in [1.54, 1.807) is 12.1 Å². The Kier molecular flexibility index (Phi) is 3.70. The van der Waals surface area contributed by atoms with Gasteiger partial charge in [-0.05, 0) is 17.7 Å². The Morgan fingerprint density at radius 2 is 1.89 bits per heavy atom. The highest BCUT2D eigenvalue weighted by Gasteiger charge is 2.38. The molecular formula is C14H15Cl2NO2. The molecule has 2 heterocycles. The van der Waals surface area contributed by atoms with Gasteiger partial charge in [-0.3, -0.25) is 4.79 Å². The lowest BCUT2D eigenvalue weighted by Gasteiger charge is -2.17. The summed E-state index contributed by atoms with van der Waals surface area (Å²) in [5, 5.41) is 1.02. The molecule has 0 N–H and O–H groups in total. The van der Waals surface area contributed by atoms with E-state index in [4.69, 9.17) is 27.9 Å². The number of hydrogen-bond acceptors (Lipinski definition) is 2. The van der Waals surface area contributed by atoms with Crippen LogP contribution in [0.2, 0.25) is 10.0 Å². The molecule has 102 valence electrons. The number of carbonyl (C=O) groups is 1. The van der Waals surface area contributed by atoms with Crippen molar-refractivity contribution in [3.8, 4) is 0 Å². The minimum atomic E-state index is 0.160. The van der Waals surface area contributed by atoms with E-state index < -0.39 is 0 Å². The van der Waals surface area contributed by atoms with Gasteiger partial charge in [-0.25, -0.2) is 0 Å². The van der Waals surface area contributed by atoms with E-state index in [0.717, 1.165) is 31.9 Å². The maximum Gasteiger partial charge on any atom is 0.227 e. The lowest BCUT2D eigenvalue weighted by Crippen LogP contribution is -2.31. The summed E-state index contributed by atoms with van der Waals surface area (Å²) in [5.74, 6) is 1.21. The fourth-order valence-corrected chi connectivity index (χ4v) is 3.15. The molecule has 0 spiro atoms. The number of likely N-dealkylation sites (tertiary alicyclic amines) is 1. The van der Waals surface area contributed by atoms with E-state index in [9.17, 15) is 4.79 Å². The second-order valence-corrected chi connectivity index (χ2v) is 6.10. The number of fused-ring (bicyclic) bond motifs is 1. The number of halogens is 2. The number of rotatable bonds is 2. The molecule has 0 saturated carbocycles. The van der Waals surface area contributed by atoms with Crippen LogP contribution >= 0.6 is 23.2 Å². The van der Waals surface area contributed by atoms with Crippen LogP contribution in [0.4, 0.5) is 0 Å². The van der Waals surface area contributed by atoms with Gasteiger partial charge in [0.2, 0.25) is 5.91 Å². The molecule has 2 aliphatic heterocycles. The van der Waals surface area contributed by atoms with Crippen LogP contribution in [0, 0.1) is 11.8 Å². The summed E-state index contributed by atoms with van der Waals surface area (Å²) in [6.07, 6.45) is 0.386. The molecule has 1 aromatic carbocycles. The van der Waals surface area contributed by atoms with Crippen molar-refractivity contribution in [2.75, 3.05) is 26.3 Å². The SMILES string of the molecule is O=C(Cc1ccc(Cl)c(Cl)c1)N1CC2COCC2C1. The van der Waals surface area contributed by atoms with Gasteiger partial charge in [0.05, 0.1) is 29.7 Å². The first-order chi connectivity index (χ1) is 9.13. The maximum atomic E-state index is 12.3. The highest BCUT2D eigenvalue weighted by Crippen LogP contribution is 2.30. The average molecular weight is 300 g/mol. The molecule has 5 heteroatoms. The quantitative estimate of drug-likeness (QED) is 0.840. The number of hydrogen-bond donors (Lipinski definition) is 0.